The zero-order chi connectivity index (χ0) is 20.8. The zero-order valence-corrected chi connectivity index (χ0v) is 17.6. The highest BCUT2D eigenvalue weighted by Crippen LogP contribution is 2.63. The van der Waals surface area contributed by atoms with Crippen molar-refractivity contribution in [1.29, 1.82) is 0 Å². The second-order valence-electron chi connectivity index (χ2n) is 9.07. The maximum absolute atomic E-state index is 13.7. The summed E-state index contributed by atoms with van der Waals surface area (Å²) in [6.45, 7) is 2.09. The van der Waals surface area contributed by atoms with Gasteiger partial charge in [0.05, 0.1) is 6.61 Å². The number of rotatable bonds is 2. The number of amides is 1. The lowest BCUT2D eigenvalue weighted by atomic mass is 9.47. The third kappa shape index (κ3) is 2.59. The normalized spacial score (nSPS) is 26.6. The van der Waals surface area contributed by atoms with Gasteiger partial charge in [-0.25, -0.2) is 0 Å². The van der Waals surface area contributed by atoms with Crippen LogP contribution in [-0.2, 0) is 26.2 Å². The second kappa shape index (κ2) is 7.26. The molecule has 1 amide bonds. The Bertz CT molecular complexity index is 989. The van der Waals surface area contributed by atoms with Gasteiger partial charge in [-0.15, -0.1) is 0 Å². The third-order valence-electron chi connectivity index (χ3n) is 7.63. The van der Waals surface area contributed by atoms with Crippen molar-refractivity contribution in [3.05, 3.63) is 65.2 Å². The van der Waals surface area contributed by atoms with Crippen LogP contribution >= 0.6 is 0 Å². The fourth-order valence-corrected chi connectivity index (χ4v) is 6.52. The Labute approximate surface area is 178 Å². The lowest BCUT2D eigenvalue weighted by Crippen LogP contribution is -2.61. The smallest absolute Gasteiger partial charge is 0.322 e. The van der Waals surface area contributed by atoms with Gasteiger partial charge in [0.15, 0.2) is 5.41 Å². The van der Waals surface area contributed by atoms with Gasteiger partial charge < -0.3 is 10.1 Å². The Hall–Kier alpha value is -2.62. The summed E-state index contributed by atoms with van der Waals surface area (Å²) in [6, 6.07) is 16.5. The minimum Gasteiger partial charge on any atom is -0.465 e. The Kier molecular flexibility index (Phi) is 4.68. The van der Waals surface area contributed by atoms with Gasteiger partial charge >= 0.3 is 5.97 Å². The van der Waals surface area contributed by atoms with Crippen molar-refractivity contribution in [2.24, 2.45) is 5.41 Å². The number of carbonyl (C=O) groups is 2. The van der Waals surface area contributed by atoms with Crippen molar-refractivity contribution < 1.29 is 14.3 Å². The molecule has 2 aliphatic carbocycles. The summed E-state index contributed by atoms with van der Waals surface area (Å²) < 4.78 is 5.61. The van der Waals surface area contributed by atoms with Gasteiger partial charge in [-0.1, -0.05) is 68.1 Å². The molecule has 30 heavy (non-hydrogen) atoms. The minimum atomic E-state index is -1.22. The molecular weight excluding hydrogens is 374 g/mol. The van der Waals surface area contributed by atoms with E-state index in [0.29, 0.717) is 6.42 Å². The van der Waals surface area contributed by atoms with E-state index in [9.17, 15) is 9.59 Å². The van der Waals surface area contributed by atoms with Crippen LogP contribution in [0.1, 0.15) is 68.1 Å². The van der Waals surface area contributed by atoms with Gasteiger partial charge in [0.1, 0.15) is 0 Å². The van der Waals surface area contributed by atoms with E-state index < -0.39 is 5.41 Å². The summed E-state index contributed by atoms with van der Waals surface area (Å²) in [4.78, 5) is 27.4. The van der Waals surface area contributed by atoms with Crippen molar-refractivity contribution in [3.8, 4) is 0 Å². The second-order valence-corrected chi connectivity index (χ2v) is 9.07. The van der Waals surface area contributed by atoms with Crippen LogP contribution in [0.25, 0.3) is 0 Å². The average molecular weight is 404 g/mol. The lowest BCUT2D eigenvalue weighted by molar-refractivity contribution is -0.164. The summed E-state index contributed by atoms with van der Waals surface area (Å²) in [7, 11) is 0. The summed E-state index contributed by atoms with van der Waals surface area (Å²) >= 11 is 0. The van der Waals surface area contributed by atoms with Crippen LogP contribution in [0.5, 0.6) is 0 Å². The Morgan fingerprint density at radius 2 is 1.73 bits per heavy atom. The molecule has 1 fully saturated rings. The van der Waals surface area contributed by atoms with E-state index in [2.05, 4.69) is 29.6 Å². The highest BCUT2D eigenvalue weighted by Gasteiger charge is 2.66. The third-order valence-corrected chi connectivity index (χ3v) is 7.63. The van der Waals surface area contributed by atoms with Crippen LogP contribution in [0.2, 0.25) is 0 Å². The largest absolute Gasteiger partial charge is 0.465 e. The van der Waals surface area contributed by atoms with Gasteiger partial charge in [0, 0.05) is 17.0 Å². The highest BCUT2D eigenvalue weighted by molar-refractivity contribution is 6.13. The molecular formula is C26H29NO3. The molecule has 3 aliphatic rings. The molecule has 0 radical (unpaired) electrons. The molecule has 0 unspecified atom stereocenters. The first-order valence-electron chi connectivity index (χ1n) is 11.3. The van der Waals surface area contributed by atoms with Crippen molar-refractivity contribution in [2.75, 3.05) is 11.9 Å². The number of esters is 1. The first-order chi connectivity index (χ1) is 14.6. The molecule has 4 heteroatoms. The molecule has 1 N–H and O–H groups in total. The number of ether oxygens (including phenoxy) is 1. The minimum absolute atomic E-state index is 0.206. The maximum Gasteiger partial charge on any atom is 0.322 e. The average Bonchev–Trinajstić information content (AvgIpc) is 3.01. The van der Waals surface area contributed by atoms with Gasteiger partial charge in [-0.2, -0.15) is 0 Å². The monoisotopic (exact) mass is 403 g/mol. The number of carbonyl (C=O) groups excluding carboxylic acids is 2. The summed E-state index contributed by atoms with van der Waals surface area (Å²) in [5, 5.41) is 3.07. The number of para-hydroxylation sites is 1. The van der Waals surface area contributed by atoms with Crippen molar-refractivity contribution >= 4 is 17.6 Å². The highest BCUT2D eigenvalue weighted by atomic mass is 16.5. The molecule has 1 saturated carbocycles. The molecule has 0 bridgehead atoms. The van der Waals surface area contributed by atoms with Gasteiger partial charge in [0.2, 0.25) is 5.91 Å². The van der Waals surface area contributed by atoms with Crippen LogP contribution < -0.4 is 5.32 Å². The van der Waals surface area contributed by atoms with Crippen LogP contribution in [0.4, 0.5) is 5.69 Å². The van der Waals surface area contributed by atoms with Gasteiger partial charge in [-0.3, -0.25) is 9.59 Å². The Morgan fingerprint density at radius 3 is 2.50 bits per heavy atom. The molecule has 4 nitrogen and oxygen atoms in total. The number of fused-ring (bicyclic) bond motifs is 6. The van der Waals surface area contributed by atoms with E-state index in [1.807, 2.05) is 31.2 Å². The van der Waals surface area contributed by atoms with E-state index in [0.717, 1.165) is 42.5 Å². The fourth-order valence-electron chi connectivity index (χ4n) is 6.52. The van der Waals surface area contributed by atoms with E-state index >= 15 is 0 Å². The molecule has 156 valence electrons. The van der Waals surface area contributed by atoms with Crippen LogP contribution in [0, 0.1) is 5.41 Å². The van der Waals surface area contributed by atoms with E-state index in [4.69, 9.17) is 4.74 Å². The van der Waals surface area contributed by atoms with Crippen LogP contribution in [0.3, 0.4) is 0 Å². The van der Waals surface area contributed by atoms with E-state index in [-0.39, 0.29) is 29.8 Å². The molecule has 0 aromatic heterocycles. The number of hydrogen-bond acceptors (Lipinski definition) is 3. The Morgan fingerprint density at radius 1 is 1.03 bits per heavy atom. The number of hydrogen-bond donors (Lipinski definition) is 1. The standard InChI is InChI=1S/C26H29NO3/c1-2-30-24(29)26-17-18-11-5-7-13-20(18)25(15-9-3-4-10-16-25)22(26)19-12-6-8-14-21(19)27-23(26)28/h5-8,11-14,22H,2-4,9-10,15-17H2,1H3,(H,27,28)/t22-,26-/m0/s1. The summed E-state index contributed by atoms with van der Waals surface area (Å²) in [6.07, 6.45) is 7.04. The SMILES string of the molecule is CCOC(=O)[C@@]12Cc3ccccc3C3(CCCCCC3)[C@@H]1c1ccccc1NC2=O. The number of benzene rings is 2. The molecule has 2 aromatic rings. The van der Waals surface area contributed by atoms with E-state index in [1.54, 1.807) is 0 Å². The predicted molar refractivity (Wildman–Crippen MR) is 116 cm³/mol. The van der Waals surface area contributed by atoms with Crippen molar-refractivity contribution in [1.82, 2.24) is 0 Å². The first kappa shape index (κ1) is 19.3. The topological polar surface area (TPSA) is 55.4 Å². The van der Waals surface area contributed by atoms with Gasteiger partial charge in [0.25, 0.3) is 0 Å². The Balaban J connectivity index is 1.84. The number of anilines is 1. The first-order valence-corrected chi connectivity index (χ1v) is 11.3. The quantitative estimate of drug-likeness (QED) is 0.559. The van der Waals surface area contributed by atoms with Crippen molar-refractivity contribution in [3.63, 3.8) is 0 Å². The maximum atomic E-state index is 13.7. The molecule has 1 aliphatic heterocycles. The molecule has 2 atom stereocenters. The molecule has 1 heterocycles. The molecule has 2 aromatic carbocycles. The molecule has 1 spiro atoms. The fraction of sp³-hybridized carbons (Fsp3) is 0.462. The van der Waals surface area contributed by atoms with Crippen LogP contribution in [-0.4, -0.2) is 18.5 Å². The van der Waals surface area contributed by atoms with Crippen LogP contribution in [0.15, 0.2) is 48.5 Å². The summed E-state index contributed by atoms with van der Waals surface area (Å²) in [5.41, 5.74) is 2.94. The van der Waals surface area contributed by atoms with Crippen molar-refractivity contribution in [2.45, 2.75) is 63.2 Å². The van der Waals surface area contributed by atoms with E-state index in [1.165, 1.54) is 18.4 Å². The zero-order valence-electron chi connectivity index (χ0n) is 17.6. The number of nitrogens with one attached hydrogen (secondary N) is 1. The molecule has 0 saturated heterocycles. The predicted octanol–water partition coefficient (Wildman–Crippen LogP) is 5.12. The van der Waals surface area contributed by atoms with Gasteiger partial charge in [-0.05, 0) is 48.9 Å². The molecule has 5 rings (SSSR count). The lowest BCUT2D eigenvalue weighted by Gasteiger charge is -2.55. The summed E-state index contributed by atoms with van der Waals surface area (Å²) in [5.74, 6) is -0.787.